The van der Waals surface area contributed by atoms with Gasteiger partial charge in [-0.1, -0.05) is 26.0 Å². The number of aryl methyl sites for hydroxylation is 1. The molecule has 0 bridgehead atoms. The molecule has 8 heteroatoms. The number of nitrogens with one attached hydrogen (secondary N) is 3. The molecule has 1 atom stereocenters. The van der Waals surface area contributed by atoms with Gasteiger partial charge in [0.05, 0.1) is 5.69 Å². The average molecular weight is 452 g/mol. The van der Waals surface area contributed by atoms with Crippen LogP contribution in [0.15, 0.2) is 46.3 Å². The molecule has 1 aliphatic carbocycles. The summed E-state index contributed by atoms with van der Waals surface area (Å²) in [5.41, 5.74) is 9.19. The van der Waals surface area contributed by atoms with E-state index in [1.54, 1.807) is 4.57 Å². The van der Waals surface area contributed by atoms with Crippen LogP contribution in [0, 0.1) is 6.92 Å². The fraction of sp³-hybridized carbons (Fsp3) is 0.480. The van der Waals surface area contributed by atoms with Crippen molar-refractivity contribution in [2.24, 2.45) is 10.7 Å². The quantitative estimate of drug-likeness (QED) is 0.238. The Morgan fingerprint density at radius 3 is 2.70 bits per heavy atom. The summed E-state index contributed by atoms with van der Waals surface area (Å²) in [4.78, 5) is 24.0. The maximum Gasteiger partial charge on any atom is 0.354 e. The van der Waals surface area contributed by atoms with Gasteiger partial charge >= 0.3 is 5.69 Å². The van der Waals surface area contributed by atoms with E-state index < -0.39 is 0 Å². The molecule has 1 aliphatic rings. The van der Waals surface area contributed by atoms with E-state index in [1.807, 2.05) is 57.3 Å². The lowest BCUT2D eigenvalue weighted by molar-refractivity contribution is 0.382. The maximum absolute atomic E-state index is 12.4. The SMILES string of the molecule is CC.Cc1cc2cn(-c3ccc([C@H](C)NCCCN=C(N)NC4CCC4)cc3)c(=O)nc2[nH]1. The summed E-state index contributed by atoms with van der Waals surface area (Å²) >= 11 is 0. The second-order valence-electron chi connectivity index (χ2n) is 8.31. The summed E-state index contributed by atoms with van der Waals surface area (Å²) in [5.74, 6) is 0.561. The summed E-state index contributed by atoms with van der Waals surface area (Å²) < 4.78 is 1.58. The second kappa shape index (κ2) is 11.7. The van der Waals surface area contributed by atoms with Crippen molar-refractivity contribution < 1.29 is 0 Å². The van der Waals surface area contributed by atoms with E-state index in [1.165, 1.54) is 19.3 Å². The first-order valence-electron chi connectivity index (χ1n) is 12.0. The number of aromatic nitrogens is 3. The van der Waals surface area contributed by atoms with Gasteiger partial charge in [-0.05, 0) is 69.8 Å². The molecule has 0 unspecified atom stereocenters. The van der Waals surface area contributed by atoms with Crippen molar-refractivity contribution in [2.75, 3.05) is 13.1 Å². The summed E-state index contributed by atoms with van der Waals surface area (Å²) in [6, 6.07) is 10.7. The number of H-pyrrole nitrogens is 1. The Hall–Kier alpha value is -3.13. The van der Waals surface area contributed by atoms with Crippen LogP contribution in [-0.4, -0.2) is 39.6 Å². The smallest absolute Gasteiger partial charge is 0.354 e. The zero-order chi connectivity index (χ0) is 23.8. The molecule has 0 radical (unpaired) electrons. The first kappa shape index (κ1) is 24.5. The highest BCUT2D eigenvalue weighted by Crippen LogP contribution is 2.18. The van der Waals surface area contributed by atoms with Gasteiger partial charge in [-0.2, -0.15) is 4.98 Å². The topological polar surface area (TPSA) is 113 Å². The van der Waals surface area contributed by atoms with E-state index in [2.05, 4.69) is 32.5 Å². The van der Waals surface area contributed by atoms with Crippen LogP contribution >= 0.6 is 0 Å². The molecule has 3 aromatic rings. The van der Waals surface area contributed by atoms with E-state index in [0.717, 1.165) is 35.3 Å². The molecule has 0 spiro atoms. The number of fused-ring (bicyclic) bond motifs is 1. The Labute approximate surface area is 195 Å². The Morgan fingerprint density at radius 1 is 1.30 bits per heavy atom. The standard InChI is InChI=1S/C23H31N7O.C2H6/c1-15-13-18-14-30(23(31)29-21(18)27-15)20-9-7-17(8-10-20)16(2)25-11-4-12-26-22(24)28-19-5-3-6-19;1-2/h7-10,13-14,16,19,25H,3-6,11-12H2,1-2H3,(H3,24,26,28)(H,27,29,31);1-2H3/t16-;/m0./s1. The fourth-order valence-corrected chi connectivity index (χ4v) is 3.76. The lowest BCUT2D eigenvalue weighted by atomic mass is 9.93. The number of nitrogens with two attached hydrogens (primary N) is 1. The molecule has 8 nitrogen and oxygen atoms in total. The molecule has 2 aromatic heterocycles. The van der Waals surface area contributed by atoms with E-state index in [9.17, 15) is 4.79 Å². The number of guanidine groups is 1. The molecular formula is C25H37N7O. The number of rotatable bonds is 8. The average Bonchev–Trinajstić information content (AvgIpc) is 3.15. The Morgan fingerprint density at radius 2 is 2.03 bits per heavy atom. The van der Waals surface area contributed by atoms with E-state index in [4.69, 9.17) is 5.73 Å². The van der Waals surface area contributed by atoms with Crippen molar-refractivity contribution >= 4 is 17.0 Å². The lowest BCUT2D eigenvalue weighted by Crippen LogP contribution is -2.43. The van der Waals surface area contributed by atoms with Crippen LogP contribution < -0.4 is 22.1 Å². The third-order valence-corrected chi connectivity index (χ3v) is 5.84. The minimum atomic E-state index is -0.292. The molecule has 4 rings (SSSR count). The number of aliphatic imine (C=N–C) groups is 1. The van der Waals surface area contributed by atoms with Gasteiger partial charge in [0.15, 0.2) is 5.96 Å². The number of hydrogen-bond donors (Lipinski definition) is 4. The summed E-state index contributed by atoms with van der Waals surface area (Å²) in [6.45, 7) is 9.65. The van der Waals surface area contributed by atoms with E-state index in [-0.39, 0.29) is 11.7 Å². The summed E-state index contributed by atoms with van der Waals surface area (Å²) in [6.07, 6.45) is 6.42. The highest BCUT2D eigenvalue weighted by atomic mass is 16.1. The first-order valence-corrected chi connectivity index (χ1v) is 12.0. The van der Waals surface area contributed by atoms with Crippen molar-refractivity contribution in [1.82, 2.24) is 25.2 Å². The Bertz CT molecular complexity index is 1110. The van der Waals surface area contributed by atoms with Gasteiger partial charge in [-0.25, -0.2) is 4.79 Å². The van der Waals surface area contributed by atoms with Crippen LogP contribution in [0.25, 0.3) is 16.7 Å². The molecule has 2 heterocycles. The lowest BCUT2D eigenvalue weighted by Gasteiger charge is -2.26. The Balaban J connectivity index is 0.00000149. The highest BCUT2D eigenvalue weighted by Gasteiger charge is 2.17. The molecule has 1 saturated carbocycles. The van der Waals surface area contributed by atoms with Crippen molar-refractivity contribution in [3.8, 4) is 5.69 Å². The molecule has 0 aliphatic heterocycles. The number of hydrogen-bond acceptors (Lipinski definition) is 4. The monoisotopic (exact) mass is 451 g/mol. The third-order valence-electron chi connectivity index (χ3n) is 5.84. The van der Waals surface area contributed by atoms with Gasteiger partial charge in [-0.15, -0.1) is 0 Å². The second-order valence-corrected chi connectivity index (χ2v) is 8.31. The van der Waals surface area contributed by atoms with Crippen molar-refractivity contribution in [3.63, 3.8) is 0 Å². The number of nitrogens with zero attached hydrogens (tertiary/aromatic N) is 3. The van der Waals surface area contributed by atoms with Gasteiger partial charge in [0.1, 0.15) is 5.65 Å². The Kier molecular flexibility index (Phi) is 8.65. The van der Waals surface area contributed by atoms with E-state index in [0.29, 0.717) is 24.2 Å². The van der Waals surface area contributed by atoms with Crippen LogP contribution in [0.2, 0.25) is 0 Å². The van der Waals surface area contributed by atoms with Crippen LogP contribution in [-0.2, 0) is 0 Å². The molecule has 0 amide bonds. The first-order chi connectivity index (χ1) is 16.0. The molecule has 1 fully saturated rings. The normalized spacial score (nSPS) is 15.0. The molecule has 178 valence electrons. The number of benzene rings is 1. The summed E-state index contributed by atoms with van der Waals surface area (Å²) in [7, 11) is 0. The minimum absolute atomic E-state index is 0.202. The number of aromatic amines is 1. The predicted octanol–water partition coefficient (Wildman–Crippen LogP) is 3.55. The minimum Gasteiger partial charge on any atom is -0.370 e. The maximum atomic E-state index is 12.4. The zero-order valence-corrected chi connectivity index (χ0v) is 20.2. The summed E-state index contributed by atoms with van der Waals surface area (Å²) in [5, 5.41) is 7.69. The van der Waals surface area contributed by atoms with Gasteiger partial charge < -0.3 is 21.4 Å². The zero-order valence-electron chi connectivity index (χ0n) is 20.2. The largest absolute Gasteiger partial charge is 0.370 e. The molecular weight excluding hydrogens is 414 g/mol. The van der Waals surface area contributed by atoms with Crippen molar-refractivity contribution in [1.29, 1.82) is 0 Å². The van der Waals surface area contributed by atoms with Gasteiger partial charge in [0.2, 0.25) is 0 Å². The van der Waals surface area contributed by atoms with Crippen LogP contribution in [0.4, 0.5) is 0 Å². The molecule has 33 heavy (non-hydrogen) atoms. The van der Waals surface area contributed by atoms with Gasteiger partial charge in [0.25, 0.3) is 0 Å². The van der Waals surface area contributed by atoms with Crippen LogP contribution in [0.3, 0.4) is 0 Å². The fourth-order valence-electron chi connectivity index (χ4n) is 3.76. The van der Waals surface area contributed by atoms with E-state index >= 15 is 0 Å². The highest BCUT2D eigenvalue weighted by molar-refractivity contribution is 5.78. The third kappa shape index (κ3) is 6.44. The van der Waals surface area contributed by atoms with Crippen LogP contribution in [0.5, 0.6) is 0 Å². The molecule has 5 N–H and O–H groups in total. The van der Waals surface area contributed by atoms with Crippen molar-refractivity contribution in [2.45, 2.75) is 65.5 Å². The predicted molar refractivity (Wildman–Crippen MR) is 136 cm³/mol. The molecule has 0 saturated heterocycles. The van der Waals surface area contributed by atoms with Gasteiger partial charge in [-0.3, -0.25) is 9.56 Å². The van der Waals surface area contributed by atoms with Crippen molar-refractivity contribution in [3.05, 3.63) is 58.3 Å². The van der Waals surface area contributed by atoms with Crippen LogP contribution in [0.1, 0.15) is 63.8 Å². The van der Waals surface area contributed by atoms with Gasteiger partial charge in [0, 0.05) is 35.9 Å². The molecule has 1 aromatic carbocycles.